The zero-order valence-electron chi connectivity index (χ0n) is 11.5. The van der Waals surface area contributed by atoms with Crippen molar-refractivity contribution >= 4 is 11.9 Å². The lowest BCUT2D eigenvalue weighted by Gasteiger charge is -2.36. The number of amides is 1. The maximum absolute atomic E-state index is 12.3. The average molecular weight is 277 g/mol. The Morgan fingerprint density at radius 2 is 2.05 bits per heavy atom. The van der Waals surface area contributed by atoms with E-state index < -0.39 is 11.5 Å². The van der Waals surface area contributed by atoms with Gasteiger partial charge in [0.1, 0.15) is 0 Å². The molecule has 1 saturated heterocycles. The van der Waals surface area contributed by atoms with Crippen LogP contribution in [0.25, 0.3) is 0 Å². The molecule has 0 atom stereocenters. The second kappa shape index (κ2) is 6.05. The van der Waals surface area contributed by atoms with Gasteiger partial charge in [0.2, 0.25) is 0 Å². The molecule has 0 spiro atoms. The molecule has 1 aliphatic rings. The number of carbonyl (C=O) groups is 2. The van der Waals surface area contributed by atoms with Gasteiger partial charge in [0.15, 0.2) is 0 Å². The second-order valence-corrected chi connectivity index (χ2v) is 5.29. The molecule has 108 valence electrons. The number of carboxylic acids is 1. The van der Waals surface area contributed by atoms with Crippen LogP contribution in [-0.2, 0) is 9.53 Å². The predicted octanol–water partition coefficient (Wildman–Crippen LogP) is 1.75. The van der Waals surface area contributed by atoms with E-state index in [0.29, 0.717) is 31.6 Å². The molecule has 0 aromatic heterocycles. The highest BCUT2D eigenvalue weighted by molar-refractivity contribution is 5.95. The molecule has 0 bridgehead atoms. The number of carboxylic acid groups (broad SMARTS) is 1. The summed E-state index contributed by atoms with van der Waals surface area (Å²) in [5.74, 6) is -1.13. The highest BCUT2D eigenvalue weighted by Gasteiger charge is 2.36. The maximum Gasteiger partial charge on any atom is 0.305 e. The Morgan fingerprint density at radius 3 is 2.65 bits per heavy atom. The third-order valence-electron chi connectivity index (χ3n) is 3.60. The Morgan fingerprint density at radius 1 is 1.35 bits per heavy atom. The molecule has 0 radical (unpaired) electrons. The number of hydrogen-bond donors (Lipinski definition) is 2. The Balaban J connectivity index is 2.15. The first-order valence-electron chi connectivity index (χ1n) is 6.69. The van der Waals surface area contributed by atoms with Crippen LogP contribution in [-0.4, -0.2) is 35.7 Å². The molecule has 1 amide bonds. The molecule has 0 aliphatic carbocycles. The SMILES string of the molecule is Cc1cccc(C(=O)NC2(CC(=O)O)CCOCC2)c1. The van der Waals surface area contributed by atoms with Gasteiger partial charge in [0.25, 0.3) is 5.91 Å². The fourth-order valence-electron chi connectivity index (χ4n) is 2.50. The van der Waals surface area contributed by atoms with E-state index in [2.05, 4.69) is 5.32 Å². The Bertz CT molecular complexity index is 506. The molecule has 20 heavy (non-hydrogen) atoms. The van der Waals surface area contributed by atoms with Crippen molar-refractivity contribution < 1.29 is 19.4 Å². The molecular formula is C15H19NO4. The van der Waals surface area contributed by atoms with E-state index in [1.807, 2.05) is 19.1 Å². The van der Waals surface area contributed by atoms with Crippen LogP contribution in [0.2, 0.25) is 0 Å². The van der Waals surface area contributed by atoms with Crippen LogP contribution >= 0.6 is 0 Å². The summed E-state index contributed by atoms with van der Waals surface area (Å²) in [6, 6.07) is 7.26. The van der Waals surface area contributed by atoms with Crippen LogP contribution in [0, 0.1) is 6.92 Å². The standard InChI is InChI=1S/C15H19NO4/c1-11-3-2-4-12(9-11)14(19)16-15(10-13(17)18)5-7-20-8-6-15/h2-4,9H,5-8,10H2,1H3,(H,16,19)(H,17,18). The van der Waals surface area contributed by atoms with E-state index >= 15 is 0 Å². The molecule has 5 heteroatoms. The summed E-state index contributed by atoms with van der Waals surface area (Å²) in [5, 5.41) is 12.0. The van der Waals surface area contributed by atoms with E-state index in [1.165, 1.54) is 0 Å². The van der Waals surface area contributed by atoms with Crippen molar-refractivity contribution in [2.75, 3.05) is 13.2 Å². The van der Waals surface area contributed by atoms with Crippen molar-refractivity contribution in [1.29, 1.82) is 0 Å². The molecule has 2 rings (SSSR count). The van der Waals surface area contributed by atoms with E-state index in [1.54, 1.807) is 12.1 Å². The van der Waals surface area contributed by atoms with Gasteiger partial charge in [0.05, 0.1) is 12.0 Å². The quantitative estimate of drug-likeness (QED) is 0.879. The van der Waals surface area contributed by atoms with Gasteiger partial charge >= 0.3 is 5.97 Å². The summed E-state index contributed by atoms with van der Waals surface area (Å²) in [6.45, 7) is 2.86. The van der Waals surface area contributed by atoms with Crippen molar-refractivity contribution in [1.82, 2.24) is 5.32 Å². The van der Waals surface area contributed by atoms with E-state index in [-0.39, 0.29) is 12.3 Å². The van der Waals surface area contributed by atoms with Gasteiger partial charge in [-0.25, -0.2) is 0 Å². The average Bonchev–Trinajstić information content (AvgIpc) is 2.38. The number of ether oxygens (including phenoxy) is 1. The summed E-state index contributed by atoms with van der Waals surface area (Å²) in [7, 11) is 0. The number of carbonyl (C=O) groups excluding carboxylic acids is 1. The van der Waals surface area contributed by atoms with Gasteiger partial charge < -0.3 is 15.2 Å². The largest absolute Gasteiger partial charge is 0.481 e. The van der Waals surface area contributed by atoms with Crippen LogP contribution < -0.4 is 5.32 Å². The van der Waals surface area contributed by atoms with E-state index in [0.717, 1.165) is 5.56 Å². The monoisotopic (exact) mass is 277 g/mol. The summed E-state index contributed by atoms with van der Waals surface area (Å²) in [5.41, 5.74) is 0.850. The first kappa shape index (κ1) is 14.5. The van der Waals surface area contributed by atoms with Gasteiger partial charge in [-0.1, -0.05) is 17.7 Å². The first-order chi connectivity index (χ1) is 9.51. The van der Waals surface area contributed by atoms with E-state index in [9.17, 15) is 9.59 Å². The lowest BCUT2D eigenvalue weighted by atomic mass is 9.86. The lowest BCUT2D eigenvalue weighted by Crippen LogP contribution is -2.53. The molecule has 1 aromatic carbocycles. The minimum Gasteiger partial charge on any atom is -0.481 e. The fraction of sp³-hybridized carbons (Fsp3) is 0.467. The normalized spacial score (nSPS) is 17.4. The molecule has 1 aliphatic heterocycles. The van der Waals surface area contributed by atoms with Gasteiger partial charge in [-0.15, -0.1) is 0 Å². The number of hydrogen-bond acceptors (Lipinski definition) is 3. The van der Waals surface area contributed by atoms with Gasteiger partial charge in [0, 0.05) is 18.8 Å². The van der Waals surface area contributed by atoms with Crippen molar-refractivity contribution in [3.8, 4) is 0 Å². The molecule has 0 saturated carbocycles. The van der Waals surface area contributed by atoms with Crippen LogP contribution in [0.4, 0.5) is 0 Å². The number of nitrogens with one attached hydrogen (secondary N) is 1. The van der Waals surface area contributed by atoms with Gasteiger partial charge in [-0.2, -0.15) is 0 Å². The fourth-order valence-corrected chi connectivity index (χ4v) is 2.50. The van der Waals surface area contributed by atoms with Crippen molar-refractivity contribution in [3.05, 3.63) is 35.4 Å². The minimum atomic E-state index is -0.906. The summed E-state index contributed by atoms with van der Waals surface area (Å²) in [4.78, 5) is 23.4. The summed E-state index contributed by atoms with van der Waals surface area (Å²) in [6.07, 6.45) is 0.974. The highest BCUT2D eigenvalue weighted by atomic mass is 16.5. The van der Waals surface area contributed by atoms with Crippen LogP contribution in [0.15, 0.2) is 24.3 Å². The van der Waals surface area contributed by atoms with Crippen molar-refractivity contribution in [2.24, 2.45) is 0 Å². The number of benzene rings is 1. The van der Waals surface area contributed by atoms with Crippen LogP contribution in [0.5, 0.6) is 0 Å². The molecule has 1 fully saturated rings. The predicted molar refractivity (Wildman–Crippen MR) is 73.7 cm³/mol. The molecular weight excluding hydrogens is 258 g/mol. The molecule has 1 heterocycles. The van der Waals surface area contributed by atoms with Crippen LogP contribution in [0.3, 0.4) is 0 Å². The molecule has 2 N–H and O–H groups in total. The molecule has 0 unspecified atom stereocenters. The zero-order chi connectivity index (χ0) is 14.6. The number of aliphatic carboxylic acids is 1. The Labute approximate surface area is 117 Å². The minimum absolute atomic E-state index is 0.0755. The van der Waals surface area contributed by atoms with Gasteiger partial charge in [-0.05, 0) is 31.9 Å². The number of rotatable bonds is 4. The third-order valence-corrected chi connectivity index (χ3v) is 3.60. The van der Waals surface area contributed by atoms with E-state index in [4.69, 9.17) is 9.84 Å². The lowest BCUT2D eigenvalue weighted by molar-refractivity contribution is -0.139. The Kier molecular flexibility index (Phi) is 4.39. The second-order valence-electron chi connectivity index (χ2n) is 5.29. The third kappa shape index (κ3) is 3.57. The number of aryl methyl sites for hydroxylation is 1. The smallest absolute Gasteiger partial charge is 0.305 e. The summed E-state index contributed by atoms with van der Waals surface area (Å²) >= 11 is 0. The van der Waals surface area contributed by atoms with Gasteiger partial charge in [-0.3, -0.25) is 9.59 Å². The van der Waals surface area contributed by atoms with Crippen molar-refractivity contribution in [2.45, 2.75) is 31.7 Å². The topological polar surface area (TPSA) is 75.6 Å². The van der Waals surface area contributed by atoms with Crippen molar-refractivity contribution in [3.63, 3.8) is 0 Å². The zero-order valence-corrected chi connectivity index (χ0v) is 11.5. The highest BCUT2D eigenvalue weighted by Crippen LogP contribution is 2.25. The maximum atomic E-state index is 12.3. The Hall–Kier alpha value is -1.88. The summed E-state index contributed by atoms with van der Waals surface area (Å²) < 4.78 is 5.27. The molecule has 5 nitrogen and oxygen atoms in total. The molecule has 1 aromatic rings. The first-order valence-corrected chi connectivity index (χ1v) is 6.69. The van der Waals surface area contributed by atoms with Crippen LogP contribution in [0.1, 0.15) is 35.2 Å².